The van der Waals surface area contributed by atoms with E-state index in [1.165, 1.54) is 13.4 Å². The minimum atomic E-state index is -0.307. The third-order valence-electron chi connectivity index (χ3n) is 4.37. The number of H-pyrrole nitrogens is 1. The summed E-state index contributed by atoms with van der Waals surface area (Å²) in [5, 5.41) is 20.6. The molecule has 1 atom stereocenters. The van der Waals surface area contributed by atoms with E-state index in [1.54, 1.807) is 12.1 Å². The number of hydrogen-bond donors (Lipinski definition) is 2. The molecule has 1 aromatic heterocycles. The number of aromatic nitrogens is 1. The Hall–Kier alpha value is -2.91. The highest BCUT2D eigenvalue weighted by atomic mass is 79.9. The zero-order valence-electron chi connectivity index (χ0n) is 13.2. The fraction of sp³-hybridized carbons (Fsp3) is 0.105. The predicted molar refractivity (Wildman–Crippen MR) is 96.8 cm³/mol. The van der Waals surface area contributed by atoms with Crippen molar-refractivity contribution in [2.24, 2.45) is 0 Å². The van der Waals surface area contributed by atoms with Crippen LogP contribution >= 0.6 is 15.9 Å². The number of phenolic OH excluding ortho intramolecular Hbond substituents is 1. The van der Waals surface area contributed by atoms with Crippen LogP contribution in [0.1, 0.15) is 17.0 Å². The van der Waals surface area contributed by atoms with Gasteiger partial charge in [0, 0.05) is 22.7 Å². The van der Waals surface area contributed by atoms with E-state index in [4.69, 9.17) is 9.47 Å². The molecule has 0 saturated carbocycles. The number of allylic oxidation sites excluding steroid dienone is 1. The summed E-state index contributed by atoms with van der Waals surface area (Å²) in [5.41, 5.74) is 3.18. The molecule has 0 aliphatic carbocycles. The van der Waals surface area contributed by atoms with Crippen LogP contribution in [0, 0.1) is 11.3 Å². The van der Waals surface area contributed by atoms with Gasteiger partial charge in [-0.1, -0.05) is 6.07 Å². The Morgan fingerprint density at radius 2 is 2.16 bits per heavy atom. The van der Waals surface area contributed by atoms with Gasteiger partial charge in [-0.2, -0.15) is 5.26 Å². The summed E-state index contributed by atoms with van der Waals surface area (Å²) in [6.45, 7) is 0. The number of nitrogens with zero attached hydrogens (tertiary/aromatic N) is 1. The standard InChI is InChI=1S/C19H13BrN2O3/c1-24-16-7-10(6-14(20)18(16)23)17-11(8-21)9-25-19-12-4-5-22-15(12)3-2-13(17)19/h2-7,9,17,22-23H,1H3. The maximum atomic E-state index is 10.1. The molecule has 5 nitrogen and oxygen atoms in total. The van der Waals surface area contributed by atoms with Gasteiger partial charge in [-0.3, -0.25) is 0 Å². The van der Waals surface area contributed by atoms with Gasteiger partial charge in [0.25, 0.3) is 0 Å². The van der Waals surface area contributed by atoms with Crippen LogP contribution in [0.5, 0.6) is 17.2 Å². The molecule has 2 heterocycles. The summed E-state index contributed by atoms with van der Waals surface area (Å²) < 4.78 is 11.5. The van der Waals surface area contributed by atoms with E-state index >= 15 is 0 Å². The van der Waals surface area contributed by atoms with Crippen LogP contribution in [-0.2, 0) is 0 Å². The quantitative estimate of drug-likeness (QED) is 0.664. The Kier molecular flexibility index (Phi) is 3.66. The molecule has 3 aromatic rings. The van der Waals surface area contributed by atoms with E-state index in [1.807, 2.05) is 24.4 Å². The van der Waals surface area contributed by atoms with Gasteiger partial charge in [-0.25, -0.2) is 0 Å². The molecule has 1 aliphatic rings. The number of hydrogen-bond acceptors (Lipinski definition) is 4. The summed E-state index contributed by atoms with van der Waals surface area (Å²) in [7, 11) is 1.49. The van der Waals surface area contributed by atoms with E-state index in [9.17, 15) is 10.4 Å². The number of nitrogens with one attached hydrogen (secondary N) is 1. The number of nitriles is 1. The number of aromatic hydroxyl groups is 1. The van der Waals surface area contributed by atoms with Gasteiger partial charge in [0.1, 0.15) is 12.0 Å². The van der Waals surface area contributed by atoms with Gasteiger partial charge in [-0.05, 0) is 45.8 Å². The summed E-state index contributed by atoms with van der Waals surface area (Å²) in [4.78, 5) is 3.16. The van der Waals surface area contributed by atoms with Crippen LogP contribution < -0.4 is 9.47 Å². The topological polar surface area (TPSA) is 78.3 Å². The second-order valence-electron chi connectivity index (χ2n) is 5.71. The van der Waals surface area contributed by atoms with E-state index in [-0.39, 0.29) is 11.7 Å². The Balaban J connectivity index is 1.97. The summed E-state index contributed by atoms with van der Waals surface area (Å²) in [5.74, 6) is 0.796. The minimum Gasteiger partial charge on any atom is -0.503 e. The third kappa shape index (κ3) is 2.36. The summed E-state index contributed by atoms with van der Waals surface area (Å²) in [6.07, 6.45) is 3.35. The maximum Gasteiger partial charge on any atom is 0.172 e. The molecule has 0 bridgehead atoms. The number of phenols is 1. The first-order valence-electron chi connectivity index (χ1n) is 7.57. The number of fused-ring (bicyclic) bond motifs is 3. The number of aromatic amines is 1. The summed E-state index contributed by atoms with van der Waals surface area (Å²) >= 11 is 3.35. The average Bonchev–Trinajstić information content (AvgIpc) is 3.11. The Morgan fingerprint density at radius 3 is 2.92 bits per heavy atom. The monoisotopic (exact) mass is 396 g/mol. The Morgan fingerprint density at radius 1 is 1.32 bits per heavy atom. The van der Waals surface area contributed by atoms with Gasteiger partial charge in [0.15, 0.2) is 11.5 Å². The van der Waals surface area contributed by atoms with E-state index < -0.39 is 0 Å². The van der Waals surface area contributed by atoms with Crippen molar-refractivity contribution in [1.82, 2.24) is 4.98 Å². The molecule has 0 spiro atoms. The van der Waals surface area contributed by atoms with Crippen LogP contribution in [0.2, 0.25) is 0 Å². The minimum absolute atomic E-state index is 0.0297. The lowest BCUT2D eigenvalue weighted by atomic mass is 9.83. The molecule has 2 N–H and O–H groups in total. The van der Waals surface area contributed by atoms with Crippen LogP contribution in [-0.4, -0.2) is 17.2 Å². The first-order valence-corrected chi connectivity index (χ1v) is 8.36. The number of methoxy groups -OCH3 is 1. The van der Waals surface area contributed by atoms with Crippen LogP contribution in [0.15, 0.2) is 52.8 Å². The van der Waals surface area contributed by atoms with Crippen molar-refractivity contribution in [3.8, 4) is 23.3 Å². The zero-order valence-corrected chi connectivity index (χ0v) is 14.8. The van der Waals surface area contributed by atoms with Crippen molar-refractivity contribution in [3.05, 3.63) is 64.0 Å². The highest BCUT2D eigenvalue weighted by Crippen LogP contribution is 2.46. The molecular weight excluding hydrogens is 384 g/mol. The van der Waals surface area contributed by atoms with E-state index in [0.717, 1.165) is 27.8 Å². The van der Waals surface area contributed by atoms with Gasteiger partial charge in [0.2, 0.25) is 0 Å². The zero-order chi connectivity index (χ0) is 17.6. The summed E-state index contributed by atoms with van der Waals surface area (Å²) in [6, 6.07) is 11.6. The SMILES string of the molecule is COc1cc(C2C(C#N)=COc3c2ccc2[nH]ccc32)cc(Br)c1O. The molecule has 124 valence electrons. The molecule has 0 saturated heterocycles. The highest BCUT2D eigenvalue weighted by Gasteiger charge is 2.29. The molecular formula is C19H13BrN2O3. The molecule has 4 rings (SSSR count). The second-order valence-corrected chi connectivity index (χ2v) is 6.57. The van der Waals surface area contributed by atoms with Crippen molar-refractivity contribution in [2.45, 2.75) is 5.92 Å². The fourth-order valence-corrected chi connectivity index (χ4v) is 3.67. The lowest BCUT2D eigenvalue weighted by Crippen LogP contribution is -2.11. The molecule has 1 aliphatic heterocycles. The lowest BCUT2D eigenvalue weighted by Gasteiger charge is -2.25. The van der Waals surface area contributed by atoms with E-state index in [0.29, 0.717) is 15.8 Å². The Bertz CT molecular complexity index is 1060. The molecule has 6 heteroatoms. The van der Waals surface area contributed by atoms with Crippen molar-refractivity contribution in [1.29, 1.82) is 5.26 Å². The average molecular weight is 397 g/mol. The van der Waals surface area contributed by atoms with E-state index in [2.05, 4.69) is 27.0 Å². The Labute approximate surface area is 152 Å². The lowest BCUT2D eigenvalue weighted by molar-refractivity contribution is 0.371. The van der Waals surface area contributed by atoms with Crippen LogP contribution in [0.3, 0.4) is 0 Å². The van der Waals surface area contributed by atoms with Gasteiger partial charge in [-0.15, -0.1) is 0 Å². The number of benzene rings is 2. The largest absolute Gasteiger partial charge is 0.503 e. The highest BCUT2D eigenvalue weighted by molar-refractivity contribution is 9.10. The predicted octanol–water partition coefficient (Wildman–Crippen LogP) is 4.58. The molecule has 0 amide bonds. The van der Waals surface area contributed by atoms with Gasteiger partial charge in [0.05, 0.1) is 29.1 Å². The fourth-order valence-electron chi connectivity index (χ4n) is 3.21. The first-order chi connectivity index (χ1) is 12.1. The number of halogens is 1. The number of rotatable bonds is 2. The van der Waals surface area contributed by atoms with Crippen molar-refractivity contribution < 1.29 is 14.6 Å². The van der Waals surface area contributed by atoms with Crippen molar-refractivity contribution in [2.75, 3.05) is 7.11 Å². The normalized spacial score (nSPS) is 15.9. The smallest absolute Gasteiger partial charge is 0.172 e. The van der Waals surface area contributed by atoms with Crippen molar-refractivity contribution >= 4 is 26.8 Å². The van der Waals surface area contributed by atoms with Crippen LogP contribution in [0.4, 0.5) is 0 Å². The number of ether oxygens (including phenoxy) is 2. The molecule has 2 aromatic carbocycles. The molecule has 1 unspecified atom stereocenters. The first kappa shape index (κ1) is 15.6. The van der Waals surface area contributed by atoms with Gasteiger partial charge >= 0.3 is 0 Å². The van der Waals surface area contributed by atoms with Gasteiger partial charge < -0.3 is 19.6 Å². The molecule has 25 heavy (non-hydrogen) atoms. The van der Waals surface area contributed by atoms with Crippen molar-refractivity contribution in [3.63, 3.8) is 0 Å². The maximum absolute atomic E-state index is 10.1. The molecule has 0 fully saturated rings. The molecule has 0 radical (unpaired) electrons. The second kappa shape index (κ2) is 5.87. The third-order valence-corrected chi connectivity index (χ3v) is 4.98. The van der Waals surface area contributed by atoms with Crippen LogP contribution in [0.25, 0.3) is 10.9 Å².